The van der Waals surface area contributed by atoms with Crippen LogP contribution in [-0.4, -0.2) is 29.1 Å². The predicted molar refractivity (Wildman–Crippen MR) is 98.4 cm³/mol. The van der Waals surface area contributed by atoms with Crippen LogP contribution < -0.4 is 10.6 Å². The molecule has 0 aliphatic rings. The highest BCUT2D eigenvalue weighted by Crippen LogP contribution is 2.25. The van der Waals surface area contributed by atoms with Crippen molar-refractivity contribution in [1.29, 1.82) is 0 Å². The maximum atomic E-state index is 12.0. The molecule has 1 aromatic rings. The van der Waals surface area contributed by atoms with E-state index >= 15 is 0 Å². The Morgan fingerprint density at radius 2 is 1.76 bits per heavy atom. The van der Waals surface area contributed by atoms with Crippen LogP contribution in [0.2, 0.25) is 0 Å². The lowest BCUT2D eigenvalue weighted by molar-refractivity contribution is -0.154. The average Bonchev–Trinajstić information content (AvgIpc) is 2.45. The Labute approximate surface area is 150 Å². The number of aromatic hydroxyl groups is 1. The Hall–Kier alpha value is -2.08. The van der Waals surface area contributed by atoms with Crippen molar-refractivity contribution in [2.45, 2.75) is 60.1 Å². The molecule has 0 unspecified atom stereocenters. The second-order valence-electron chi connectivity index (χ2n) is 8.15. The van der Waals surface area contributed by atoms with Gasteiger partial charge in [0.05, 0.1) is 11.1 Å². The number of rotatable bonds is 6. The van der Waals surface area contributed by atoms with Gasteiger partial charge in [-0.1, -0.05) is 6.07 Å². The first-order chi connectivity index (χ1) is 11.4. The number of esters is 1. The topological polar surface area (TPSA) is 87.7 Å². The minimum atomic E-state index is -0.575. The fraction of sp³-hybridized carbons (Fsp3) is 0.579. The van der Waals surface area contributed by atoms with Crippen LogP contribution in [0.25, 0.3) is 0 Å². The van der Waals surface area contributed by atoms with Crippen molar-refractivity contribution in [3.63, 3.8) is 0 Å². The third-order valence-electron chi connectivity index (χ3n) is 3.32. The summed E-state index contributed by atoms with van der Waals surface area (Å²) in [6.07, 6.45) is 0.292. The summed E-state index contributed by atoms with van der Waals surface area (Å²) in [5, 5.41) is 15.8. The molecule has 0 bridgehead atoms. The highest BCUT2D eigenvalue weighted by Gasteiger charge is 2.23. The van der Waals surface area contributed by atoms with Gasteiger partial charge in [-0.2, -0.15) is 0 Å². The van der Waals surface area contributed by atoms with E-state index in [-0.39, 0.29) is 29.8 Å². The van der Waals surface area contributed by atoms with Gasteiger partial charge >= 0.3 is 5.97 Å². The van der Waals surface area contributed by atoms with Crippen molar-refractivity contribution < 1.29 is 19.4 Å². The van der Waals surface area contributed by atoms with Gasteiger partial charge in [-0.05, 0) is 59.2 Å². The van der Waals surface area contributed by atoms with Crippen molar-refractivity contribution in [2.75, 3.05) is 11.9 Å². The van der Waals surface area contributed by atoms with Crippen molar-refractivity contribution in [2.24, 2.45) is 5.41 Å². The van der Waals surface area contributed by atoms with Crippen LogP contribution in [0.5, 0.6) is 5.75 Å². The molecule has 0 atom stereocenters. The predicted octanol–water partition coefficient (Wildman–Crippen LogP) is 3.20. The van der Waals surface area contributed by atoms with E-state index in [0.29, 0.717) is 24.2 Å². The number of carbonyl (C=O) groups is 2. The van der Waals surface area contributed by atoms with Crippen molar-refractivity contribution in [3.8, 4) is 5.75 Å². The molecule has 0 fully saturated rings. The molecule has 1 aromatic carbocycles. The quantitative estimate of drug-likeness (QED) is 0.542. The van der Waals surface area contributed by atoms with Gasteiger partial charge in [0.1, 0.15) is 12.4 Å². The molecule has 0 saturated heterocycles. The lowest BCUT2D eigenvalue weighted by Crippen LogP contribution is -2.37. The van der Waals surface area contributed by atoms with E-state index in [4.69, 9.17) is 4.74 Å². The molecule has 1 amide bonds. The number of phenols is 1. The number of phenolic OH excluding ortho intramolecular Hbond substituents is 1. The van der Waals surface area contributed by atoms with E-state index < -0.39 is 5.41 Å². The minimum Gasteiger partial charge on any atom is -0.506 e. The molecule has 0 saturated carbocycles. The molecule has 6 nitrogen and oxygen atoms in total. The van der Waals surface area contributed by atoms with E-state index in [0.717, 1.165) is 0 Å². The van der Waals surface area contributed by atoms with Crippen LogP contribution in [0.3, 0.4) is 0 Å². The van der Waals surface area contributed by atoms with E-state index in [1.54, 1.807) is 32.9 Å². The van der Waals surface area contributed by atoms with Crippen LogP contribution in [0, 0.1) is 5.41 Å². The number of carbonyl (C=O) groups excluding carboxylic acids is 2. The van der Waals surface area contributed by atoms with E-state index in [2.05, 4.69) is 10.6 Å². The Balaban J connectivity index is 2.62. The Kier molecular flexibility index (Phi) is 6.99. The summed E-state index contributed by atoms with van der Waals surface area (Å²) < 4.78 is 5.25. The molecule has 0 aliphatic carbocycles. The maximum absolute atomic E-state index is 12.0. The van der Waals surface area contributed by atoms with Crippen molar-refractivity contribution in [1.82, 2.24) is 5.32 Å². The number of anilines is 1. The molecule has 0 aromatic heterocycles. The zero-order chi connectivity index (χ0) is 19.3. The number of nitrogens with one attached hydrogen (secondary N) is 2. The molecular formula is C19H30N2O4. The summed E-state index contributed by atoms with van der Waals surface area (Å²) in [5.74, 6) is -0.529. The largest absolute Gasteiger partial charge is 0.506 e. The zero-order valence-electron chi connectivity index (χ0n) is 16.0. The molecule has 0 aliphatic heterocycles. The van der Waals surface area contributed by atoms with Crippen molar-refractivity contribution in [3.05, 3.63) is 23.8 Å². The summed E-state index contributed by atoms with van der Waals surface area (Å²) in [5.41, 5.74) is 0.372. The smallest absolute Gasteiger partial charge is 0.311 e. The molecule has 25 heavy (non-hydrogen) atoms. The summed E-state index contributed by atoms with van der Waals surface area (Å²) in [7, 11) is 0. The molecule has 1 rings (SSSR count). The molecule has 0 heterocycles. The third kappa shape index (κ3) is 8.03. The first-order valence-electron chi connectivity index (χ1n) is 8.42. The van der Waals surface area contributed by atoms with E-state index in [9.17, 15) is 14.7 Å². The van der Waals surface area contributed by atoms with E-state index in [1.165, 1.54) is 6.07 Å². The highest BCUT2D eigenvalue weighted by atomic mass is 16.5. The van der Waals surface area contributed by atoms with Crippen molar-refractivity contribution >= 4 is 17.6 Å². The van der Waals surface area contributed by atoms with Gasteiger partial charge in [0.15, 0.2) is 0 Å². The second kappa shape index (κ2) is 8.34. The molecule has 0 radical (unpaired) electrons. The molecular weight excluding hydrogens is 320 g/mol. The fourth-order valence-electron chi connectivity index (χ4n) is 1.90. The average molecular weight is 350 g/mol. The van der Waals surface area contributed by atoms with Gasteiger partial charge in [-0.15, -0.1) is 0 Å². The summed E-state index contributed by atoms with van der Waals surface area (Å²) in [6.45, 7) is 12.1. The van der Waals surface area contributed by atoms with Gasteiger partial charge in [0.2, 0.25) is 5.91 Å². The number of hydrogen-bond donors (Lipinski definition) is 3. The Morgan fingerprint density at radius 1 is 1.12 bits per heavy atom. The number of amides is 1. The summed E-state index contributed by atoms with van der Waals surface area (Å²) >= 11 is 0. The van der Waals surface area contributed by atoms with Gasteiger partial charge in [0, 0.05) is 18.5 Å². The maximum Gasteiger partial charge on any atom is 0.311 e. The molecule has 6 heteroatoms. The van der Waals surface area contributed by atoms with Gasteiger partial charge in [0.25, 0.3) is 0 Å². The zero-order valence-corrected chi connectivity index (χ0v) is 16.0. The molecule has 3 N–H and O–H groups in total. The summed E-state index contributed by atoms with van der Waals surface area (Å²) in [4.78, 5) is 23.8. The lowest BCUT2D eigenvalue weighted by atomic mass is 9.97. The first-order valence-corrected chi connectivity index (χ1v) is 8.42. The minimum absolute atomic E-state index is 0.0250. The SMILES string of the molecule is CC(C)(C)NCCC(=O)Nc1cc(COC(=O)C(C)(C)C)ccc1O. The van der Waals surface area contributed by atoms with Gasteiger partial charge in [-0.25, -0.2) is 0 Å². The number of hydrogen-bond acceptors (Lipinski definition) is 5. The van der Waals surface area contributed by atoms with Gasteiger partial charge < -0.3 is 20.5 Å². The van der Waals surface area contributed by atoms with E-state index in [1.807, 2.05) is 20.8 Å². The lowest BCUT2D eigenvalue weighted by Gasteiger charge is -2.20. The highest BCUT2D eigenvalue weighted by molar-refractivity contribution is 5.92. The third-order valence-corrected chi connectivity index (χ3v) is 3.32. The second-order valence-corrected chi connectivity index (χ2v) is 8.15. The Bertz CT molecular complexity index is 613. The van der Waals surface area contributed by atoms with Crippen LogP contribution in [0.4, 0.5) is 5.69 Å². The monoisotopic (exact) mass is 350 g/mol. The molecule has 140 valence electrons. The van der Waals surface area contributed by atoms with Crippen LogP contribution >= 0.6 is 0 Å². The summed E-state index contributed by atoms with van der Waals surface area (Å²) in [6, 6.07) is 4.74. The fourth-order valence-corrected chi connectivity index (χ4v) is 1.90. The van der Waals surface area contributed by atoms with Crippen LogP contribution in [0.15, 0.2) is 18.2 Å². The standard InChI is InChI=1S/C19H30N2O4/c1-18(2,3)17(24)25-12-13-7-8-15(22)14(11-13)21-16(23)9-10-20-19(4,5)6/h7-8,11,20,22H,9-10,12H2,1-6H3,(H,21,23). The number of benzene rings is 1. The van der Waals surface area contributed by atoms with Crippen LogP contribution in [0.1, 0.15) is 53.5 Å². The van der Waals surface area contributed by atoms with Gasteiger partial charge in [-0.3, -0.25) is 9.59 Å². The first kappa shape index (κ1) is 21.0. The molecule has 0 spiro atoms. The normalized spacial score (nSPS) is 11.9. The Morgan fingerprint density at radius 3 is 2.32 bits per heavy atom. The van der Waals surface area contributed by atoms with Crippen LogP contribution in [-0.2, 0) is 20.9 Å². The number of ether oxygens (including phenoxy) is 1.